The number of carbonyl (C=O) groups excluding carboxylic acids is 1. The number of carbonyl (C=O) groups is 1. The highest BCUT2D eigenvalue weighted by atomic mass is 35.5. The van der Waals surface area contributed by atoms with Gasteiger partial charge in [0, 0.05) is 22.6 Å². The zero-order valence-corrected chi connectivity index (χ0v) is 12.3. The third kappa shape index (κ3) is 2.59. The van der Waals surface area contributed by atoms with Crippen LogP contribution in [0.25, 0.3) is 5.69 Å². The molecule has 100 valence electrons. The number of ketones is 1. The molecule has 0 unspecified atom stereocenters. The monoisotopic (exact) mass is 275 g/mol. The van der Waals surface area contributed by atoms with E-state index in [-0.39, 0.29) is 11.7 Å². The van der Waals surface area contributed by atoms with Crippen LogP contribution < -0.4 is 0 Å². The van der Waals surface area contributed by atoms with Crippen LogP contribution in [0.15, 0.2) is 30.3 Å². The first-order valence-corrected chi connectivity index (χ1v) is 6.99. The van der Waals surface area contributed by atoms with Crippen LogP contribution in [-0.2, 0) is 6.42 Å². The third-order valence-corrected chi connectivity index (χ3v) is 3.70. The van der Waals surface area contributed by atoms with Gasteiger partial charge >= 0.3 is 0 Å². The van der Waals surface area contributed by atoms with Gasteiger partial charge in [-0.15, -0.1) is 11.6 Å². The molecular weight excluding hydrogens is 258 g/mol. The predicted molar refractivity (Wildman–Crippen MR) is 79.7 cm³/mol. The highest BCUT2D eigenvalue weighted by Gasteiger charge is 2.15. The van der Waals surface area contributed by atoms with Gasteiger partial charge in [0.25, 0.3) is 0 Å². The average molecular weight is 276 g/mol. The molecule has 2 rings (SSSR count). The van der Waals surface area contributed by atoms with Crippen molar-refractivity contribution in [2.24, 2.45) is 0 Å². The van der Waals surface area contributed by atoms with Crippen molar-refractivity contribution in [1.29, 1.82) is 0 Å². The molecule has 0 fully saturated rings. The van der Waals surface area contributed by atoms with Gasteiger partial charge in [-0.05, 0) is 44.0 Å². The second-order valence-corrected chi connectivity index (χ2v) is 4.96. The lowest BCUT2D eigenvalue weighted by molar-refractivity contribution is 0.102. The molecule has 0 amide bonds. The van der Waals surface area contributed by atoms with Crippen molar-refractivity contribution in [3.8, 4) is 5.69 Å². The molecule has 1 heterocycles. The lowest BCUT2D eigenvalue weighted by atomic mass is 10.1. The van der Waals surface area contributed by atoms with Gasteiger partial charge in [0.2, 0.25) is 0 Å². The Morgan fingerprint density at radius 2 is 1.84 bits per heavy atom. The largest absolute Gasteiger partial charge is 0.318 e. The predicted octanol–water partition coefficient (Wildman–Crippen LogP) is 4.08. The van der Waals surface area contributed by atoms with Gasteiger partial charge in [0.15, 0.2) is 5.78 Å². The van der Waals surface area contributed by atoms with Gasteiger partial charge in [0.1, 0.15) is 0 Å². The number of aromatic nitrogens is 1. The highest BCUT2D eigenvalue weighted by molar-refractivity contribution is 6.30. The van der Waals surface area contributed by atoms with E-state index >= 15 is 0 Å². The van der Waals surface area contributed by atoms with Crippen LogP contribution >= 0.6 is 11.6 Å². The van der Waals surface area contributed by atoms with Crippen LogP contribution in [0.4, 0.5) is 0 Å². The van der Waals surface area contributed by atoms with E-state index in [1.54, 1.807) is 0 Å². The quantitative estimate of drug-likeness (QED) is 0.609. The average Bonchev–Trinajstić information content (AvgIpc) is 2.73. The van der Waals surface area contributed by atoms with Crippen molar-refractivity contribution in [3.63, 3.8) is 0 Å². The molecule has 0 bridgehead atoms. The Bertz CT molecular complexity index is 596. The molecule has 3 heteroatoms. The summed E-state index contributed by atoms with van der Waals surface area (Å²) in [5, 5.41) is 0. The lowest BCUT2D eigenvalue weighted by Gasteiger charge is -2.10. The minimum absolute atomic E-state index is 0.0220. The molecule has 1 aromatic heterocycles. The zero-order chi connectivity index (χ0) is 14.0. The van der Waals surface area contributed by atoms with Gasteiger partial charge in [-0.1, -0.05) is 19.1 Å². The molecule has 0 spiro atoms. The molecule has 0 atom stereocenters. The molecule has 2 nitrogen and oxygen atoms in total. The Morgan fingerprint density at radius 3 is 2.37 bits per heavy atom. The summed E-state index contributed by atoms with van der Waals surface area (Å²) < 4.78 is 2.10. The molecule has 0 radical (unpaired) electrons. The number of alkyl halides is 1. The second-order valence-electron chi connectivity index (χ2n) is 4.70. The van der Waals surface area contributed by atoms with Crippen molar-refractivity contribution in [1.82, 2.24) is 4.57 Å². The summed E-state index contributed by atoms with van der Waals surface area (Å²) >= 11 is 5.65. The van der Waals surface area contributed by atoms with Gasteiger partial charge in [-0.2, -0.15) is 0 Å². The number of aryl methyl sites for hydroxylation is 2. The number of halogens is 1. The van der Waals surface area contributed by atoms with Gasteiger partial charge in [-0.3, -0.25) is 4.79 Å². The molecule has 0 aliphatic heterocycles. The summed E-state index contributed by atoms with van der Waals surface area (Å²) in [6.07, 6.45) is 1.03. The van der Waals surface area contributed by atoms with Crippen molar-refractivity contribution in [2.75, 3.05) is 5.88 Å². The fourth-order valence-electron chi connectivity index (χ4n) is 2.40. The molecule has 0 N–H and O–H groups in total. The number of hydrogen-bond donors (Lipinski definition) is 0. The summed E-state index contributed by atoms with van der Waals surface area (Å²) in [6.45, 7) is 6.10. The van der Waals surface area contributed by atoms with Crippen LogP contribution in [-0.4, -0.2) is 16.2 Å². The number of rotatable bonds is 4. The SMILES string of the molecule is CCc1ccc(-n2c(C)cc(C(=O)CCl)c2C)cc1. The number of Topliss-reactive ketones (excluding diaryl/α,β-unsaturated/α-hetero) is 1. The van der Waals surface area contributed by atoms with Crippen LogP contribution in [0, 0.1) is 13.8 Å². The maximum absolute atomic E-state index is 11.8. The highest BCUT2D eigenvalue weighted by Crippen LogP contribution is 2.22. The Labute approximate surface area is 119 Å². The Kier molecular flexibility index (Phi) is 4.11. The minimum Gasteiger partial charge on any atom is -0.318 e. The van der Waals surface area contributed by atoms with Crippen molar-refractivity contribution in [3.05, 3.63) is 52.8 Å². The van der Waals surface area contributed by atoms with Crippen LogP contribution in [0.2, 0.25) is 0 Å². The summed E-state index contributed by atoms with van der Waals surface area (Å²) in [7, 11) is 0. The smallest absolute Gasteiger partial charge is 0.179 e. The van der Waals surface area contributed by atoms with E-state index in [4.69, 9.17) is 11.6 Å². The Hall–Kier alpha value is -1.54. The Morgan fingerprint density at radius 1 is 1.21 bits per heavy atom. The Balaban J connectivity index is 2.49. The van der Waals surface area contributed by atoms with Crippen LogP contribution in [0.3, 0.4) is 0 Å². The van der Waals surface area contributed by atoms with Crippen LogP contribution in [0.5, 0.6) is 0 Å². The minimum atomic E-state index is -0.0220. The van der Waals surface area contributed by atoms with Crippen molar-refractivity contribution >= 4 is 17.4 Å². The maximum Gasteiger partial charge on any atom is 0.179 e. The zero-order valence-electron chi connectivity index (χ0n) is 11.5. The number of benzene rings is 1. The van der Waals surface area contributed by atoms with Crippen molar-refractivity contribution in [2.45, 2.75) is 27.2 Å². The van der Waals surface area contributed by atoms with Crippen molar-refractivity contribution < 1.29 is 4.79 Å². The molecule has 0 saturated heterocycles. The summed E-state index contributed by atoms with van der Waals surface area (Å²) in [5.74, 6) is 0.00481. The van der Waals surface area contributed by atoms with E-state index in [2.05, 4.69) is 35.8 Å². The summed E-state index contributed by atoms with van der Waals surface area (Å²) in [5.41, 5.74) is 5.11. The molecule has 0 aliphatic rings. The second kappa shape index (κ2) is 5.62. The lowest BCUT2D eigenvalue weighted by Crippen LogP contribution is -2.04. The van der Waals surface area contributed by atoms with E-state index in [0.717, 1.165) is 23.5 Å². The standard InChI is InChI=1S/C16H18ClNO/c1-4-13-5-7-14(8-6-13)18-11(2)9-15(12(18)3)16(19)10-17/h5-9H,4,10H2,1-3H3. The fraction of sp³-hybridized carbons (Fsp3) is 0.312. The normalized spacial score (nSPS) is 10.7. The summed E-state index contributed by atoms with van der Waals surface area (Å²) in [6, 6.07) is 10.3. The first-order valence-electron chi connectivity index (χ1n) is 6.46. The molecule has 19 heavy (non-hydrogen) atoms. The fourth-order valence-corrected chi connectivity index (χ4v) is 2.54. The number of nitrogens with zero attached hydrogens (tertiary/aromatic N) is 1. The topological polar surface area (TPSA) is 22.0 Å². The van der Waals surface area contributed by atoms with Gasteiger partial charge in [-0.25, -0.2) is 0 Å². The van der Waals surface area contributed by atoms with Gasteiger partial charge in [0.05, 0.1) is 5.88 Å². The van der Waals surface area contributed by atoms with Crippen LogP contribution in [0.1, 0.15) is 34.2 Å². The van der Waals surface area contributed by atoms with E-state index in [9.17, 15) is 4.79 Å². The first-order chi connectivity index (χ1) is 9.08. The molecule has 0 aliphatic carbocycles. The van der Waals surface area contributed by atoms with E-state index in [1.165, 1.54) is 5.56 Å². The molecule has 1 aromatic carbocycles. The first kappa shape index (κ1) is 13.9. The molecule has 2 aromatic rings. The molecule has 0 saturated carbocycles. The van der Waals surface area contributed by atoms with Gasteiger partial charge < -0.3 is 4.57 Å². The third-order valence-electron chi connectivity index (χ3n) is 3.46. The maximum atomic E-state index is 11.8. The van der Waals surface area contributed by atoms with E-state index in [0.29, 0.717) is 5.56 Å². The summed E-state index contributed by atoms with van der Waals surface area (Å²) in [4.78, 5) is 11.8. The van der Waals surface area contributed by atoms with E-state index < -0.39 is 0 Å². The number of hydrogen-bond acceptors (Lipinski definition) is 1. The molecular formula is C16H18ClNO. The van der Waals surface area contributed by atoms with E-state index in [1.807, 2.05) is 19.9 Å².